The standard InChI is InChI=1S/C28H32O6/c1-21-26(31-18-23-13-7-3-8-14-23)27(32-19-24-15-9-4-10-16-24)25(33-28(21)34-29)20-30-17-22-11-5-2-6-12-22/h2-16,21,25-29H,17-20H2,1H3/t21-,25+,26+,27-,28+/m0/s1. The molecule has 1 aliphatic rings. The molecule has 6 nitrogen and oxygen atoms in total. The highest BCUT2D eigenvalue weighted by atomic mass is 17.1. The Bertz CT molecular complexity index is 952. The van der Waals surface area contributed by atoms with E-state index < -0.39 is 18.5 Å². The molecule has 0 bridgehead atoms. The highest BCUT2D eigenvalue weighted by Gasteiger charge is 2.46. The Morgan fingerprint density at radius 3 is 1.65 bits per heavy atom. The van der Waals surface area contributed by atoms with E-state index in [1.54, 1.807) is 0 Å². The molecular weight excluding hydrogens is 432 g/mol. The molecule has 34 heavy (non-hydrogen) atoms. The van der Waals surface area contributed by atoms with Crippen LogP contribution in [0.2, 0.25) is 0 Å². The van der Waals surface area contributed by atoms with Crippen molar-refractivity contribution < 1.29 is 29.1 Å². The lowest BCUT2D eigenvalue weighted by Crippen LogP contribution is -2.57. The van der Waals surface area contributed by atoms with E-state index >= 15 is 0 Å². The molecule has 0 amide bonds. The molecule has 0 saturated carbocycles. The highest BCUT2D eigenvalue weighted by Crippen LogP contribution is 2.32. The second-order valence-electron chi connectivity index (χ2n) is 8.53. The van der Waals surface area contributed by atoms with E-state index in [1.807, 2.05) is 97.9 Å². The average molecular weight is 465 g/mol. The van der Waals surface area contributed by atoms with Crippen LogP contribution < -0.4 is 0 Å². The fourth-order valence-electron chi connectivity index (χ4n) is 4.14. The second kappa shape index (κ2) is 12.8. The quantitative estimate of drug-likeness (QED) is 0.310. The van der Waals surface area contributed by atoms with Crippen molar-refractivity contribution in [2.24, 2.45) is 5.92 Å². The van der Waals surface area contributed by atoms with Crippen LogP contribution in [0.5, 0.6) is 0 Å². The highest BCUT2D eigenvalue weighted by molar-refractivity contribution is 5.15. The summed E-state index contributed by atoms with van der Waals surface area (Å²) < 4.78 is 24.8. The van der Waals surface area contributed by atoms with Gasteiger partial charge in [0.2, 0.25) is 0 Å². The normalized spacial score (nSPS) is 24.7. The summed E-state index contributed by atoms with van der Waals surface area (Å²) in [6.45, 7) is 3.47. The first-order chi connectivity index (χ1) is 16.7. The van der Waals surface area contributed by atoms with Gasteiger partial charge in [0.25, 0.3) is 0 Å². The van der Waals surface area contributed by atoms with Gasteiger partial charge in [0, 0.05) is 5.92 Å². The molecule has 0 aliphatic carbocycles. The minimum atomic E-state index is -0.845. The molecule has 0 unspecified atom stereocenters. The molecule has 1 saturated heterocycles. The topological polar surface area (TPSA) is 66.4 Å². The number of ether oxygens (including phenoxy) is 4. The molecular formula is C28H32O6. The predicted octanol–water partition coefficient (Wildman–Crippen LogP) is 5.22. The van der Waals surface area contributed by atoms with Crippen molar-refractivity contribution in [3.63, 3.8) is 0 Å². The zero-order chi connectivity index (χ0) is 23.6. The van der Waals surface area contributed by atoms with Gasteiger partial charge in [-0.3, -0.25) is 0 Å². The Morgan fingerprint density at radius 2 is 1.15 bits per heavy atom. The molecule has 0 spiro atoms. The Kier molecular flexibility index (Phi) is 9.21. The van der Waals surface area contributed by atoms with Gasteiger partial charge in [0.15, 0.2) is 6.29 Å². The SMILES string of the molecule is C[C@@H]1[C@@H](OO)O[C@H](COCc2ccccc2)[C@H](OCc2ccccc2)[C@@H]1OCc1ccccc1. The third kappa shape index (κ3) is 6.73. The number of hydrogen-bond donors (Lipinski definition) is 1. The molecule has 4 rings (SSSR count). The van der Waals surface area contributed by atoms with E-state index in [4.69, 9.17) is 18.9 Å². The Balaban J connectivity index is 1.48. The molecule has 1 heterocycles. The lowest BCUT2D eigenvalue weighted by Gasteiger charge is -2.44. The van der Waals surface area contributed by atoms with E-state index in [0.717, 1.165) is 16.7 Å². The van der Waals surface area contributed by atoms with Crippen molar-refractivity contribution in [1.29, 1.82) is 0 Å². The molecule has 1 aliphatic heterocycles. The maximum Gasteiger partial charge on any atom is 0.196 e. The van der Waals surface area contributed by atoms with Crippen LogP contribution in [-0.4, -0.2) is 36.5 Å². The molecule has 180 valence electrons. The zero-order valence-electron chi connectivity index (χ0n) is 19.4. The van der Waals surface area contributed by atoms with Crippen LogP contribution in [0.1, 0.15) is 23.6 Å². The molecule has 6 heteroatoms. The first-order valence-corrected chi connectivity index (χ1v) is 11.6. The Hall–Kier alpha value is -2.58. The van der Waals surface area contributed by atoms with Gasteiger partial charge in [-0.25, -0.2) is 10.1 Å². The summed E-state index contributed by atoms with van der Waals surface area (Å²) in [4.78, 5) is 4.68. The van der Waals surface area contributed by atoms with Crippen molar-refractivity contribution in [1.82, 2.24) is 0 Å². The van der Waals surface area contributed by atoms with Gasteiger partial charge < -0.3 is 18.9 Å². The summed E-state index contributed by atoms with van der Waals surface area (Å²) in [5, 5.41) is 9.52. The summed E-state index contributed by atoms with van der Waals surface area (Å²) in [6.07, 6.45) is -2.12. The molecule has 1 N–H and O–H groups in total. The second-order valence-corrected chi connectivity index (χ2v) is 8.53. The summed E-state index contributed by atoms with van der Waals surface area (Å²) in [6, 6.07) is 29.9. The Morgan fingerprint density at radius 1 is 0.676 bits per heavy atom. The summed E-state index contributed by atoms with van der Waals surface area (Å²) in [5.41, 5.74) is 3.18. The van der Waals surface area contributed by atoms with Crippen molar-refractivity contribution >= 4 is 0 Å². The molecule has 5 atom stereocenters. The van der Waals surface area contributed by atoms with Gasteiger partial charge in [-0.2, -0.15) is 0 Å². The molecule has 3 aromatic rings. The molecule has 0 aromatic heterocycles. The van der Waals surface area contributed by atoms with Crippen molar-refractivity contribution in [3.8, 4) is 0 Å². The van der Waals surface area contributed by atoms with Gasteiger partial charge in [0.1, 0.15) is 12.2 Å². The van der Waals surface area contributed by atoms with Crippen LogP contribution in [0, 0.1) is 5.92 Å². The van der Waals surface area contributed by atoms with Crippen LogP contribution in [-0.2, 0) is 43.7 Å². The minimum absolute atomic E-state index is 0.264. The van der Waals surface area contributed by atoms with E-state index in [1.165, 1.54) is 0 Å². The Labute approximate surface area is 200 Å². The number of hydrogen-bond acceptors (Lipinski definition) is 6. The third-order valence-corrected chi connectivity index (χ3v) is 6.01. The van der Waals surface area contributed by atoms with E-state index in [-0.39, 0.29) is 18.6 Å². The van der Waals surface area contributed by atoms with Crippen LogP contribution in [0.3, 0.4) is 0 Å². The van der Waals surface area contributed by atoms with Gasteiger partial charge in [0.05, 0.1) is 32.5 Å². The number of benzene rings is 3. The van der Waals surface area contributed by atoms with E-state index in [2.05, 4.69) is 4.89 Å². The summed E-state index contributed by atoms with van der Waals surface area (Å²) in [5.74, 6) is -0.264. The summed E-state index contributed by atoms with van der Waals surface area (Å²) >= 11 is 0. The predicted molar refractivity (Wildman–Crippen MR) is 128 cm³/mol. The van der Waals surface area contributed by atoms with E-state index in [0.29, 0.717) is 19.8 Å². The lowest BCUT2D eigenvalue weighted by atomic mass is 9.92. The van der Waals surface area contributed by atoms with Crippen molar-refractivity contribution in [2.45, 2.75) is 51.3 Å². The van der Waals surface area contributed by atoms with Crippen LogP contribution >= 0.6 is 0 Å². The third-order valence-electron chi connectivity index (χ3n) is 6.01. The molecule has 3 aromatic carbocycles. The number of rotatable bonds is 11. The summed E-state index contributed by atoms with van der Waals surface area (Å²) in [7, 11) is 0. The van der Waals surface area contributed by atoms with Crippen molar-refractivity contribution in [2.75, 3.05) is 6.61 Å². The first-order valence-electron chi connectivity index (χ1n) is 11.6. The van der Waals surface area contributed by atoms with Crippen LogP contribution in [0.25, 0.3) is 0 Å². The fraction of sp³-hybridized carbons (Fsp3) is 0.357. The molecule has 0 radical (unpaired) electrons. The monoisotopic (exact) mass is 464 g/mol. The molecule has 1 fully saturated rings. The minimum Gasteiger partial charge on any atom is -0.374 e. The van der Waals surface area contributed by atoms with Gasteiger partial charge in [-0.15, -0.1) is 0 Å². The zero-order valence-corrected chi connectivity index (χ0v) is 19.4. The van der Waals surface area contributed by atoms with E-state index in [9.17, 15) is 5.26 Å². The van der Waals surface area contributed by atoms with Gasteiger partial charge in [-0.05, 0) is 16.7 Å². The largest absolute Gasteiger partial charge is 0.374 e. The van der Waals surface area contributed by atoms with Gasteiger partial charge in [-0.1, -0.05) is 97.9 Å². The maximum absolute atomic E-state index is 9.52. The van der Waals surface area contributed by atoms with Gasteiger partial charge >= 0.3 is 0 Å². The average Bonchev–Trinajstić information content (AvgIpc) is 2.89. The maximum atomic E-state index is 9.52. The van der Waals surface area contributed by atoms with Crippen LogP contribution in [0.15, 0.2) is 91.0 Å². The first kappa shape index (κ1) is 24.5. The smallest absolute Gasteiger partial charge is 0.196 e. The van der Waals surface area contributed by atoms with Crippen LogP contribution in [0.4, 0.5) is 0 Å². The fourth-order valence-corrected chi connectivity index (χ4v) is 4.14. The lowest BCUT2D eigenvalue weighted by molar-refractivity contribution is -0.401. The van der Waals surface area contributed by atoms with Crippen molar-refractivity contribution in [3.05, 3.63) is 108 Å².